The Morgan fingerprint density at radius 3 is 2.84 bits per heavy atom. The van der Waals surface area contributed by atoms with E-state index in [4.69, 9.17) is 4.42 Å². The summed E-state index contributed by atoms with van der Waals surface area (Å²) in [4.78, 5) is 19.1. The van der Waals surface area contributed by atoms with Gasteiger partial charge in [0.1, 0.15) is 5.76 Å². The Labute approximate surface area is 185 Å². The van der Waals surface area contributed by atoms with Gasteiger partial charge in [-0.2, -0.15) is 0 Å². The summed E-state index contributed by atoms with van der Waals surface area (Å²) in [6.07, 6.45) is 13.3. The Bertz CT molecular complexity index is 1040. The van der Waals surface area contributed by atoms with E-state index >= 15 is 0 Å². The topological polar surface area (TPSA) is 77.0 Å². The molecular weight excluding hydrogens is 410 g/mol. The molecule has 0 unspecified atom stereocenters. The average molecular weight is 436 g/mol. The molecule has 7 nitrogen and oxygen atoms in total. The Kier molecular flexibility index (Phi) is 6.99. The Morgan fingerprint density at radius 2 is 2.13 bits per heavy atom. The van der Waals surface area contributed by atoms with Crippen LogP contribution in [0.2, 0.25) is 0 Å². The standard InChI is InChI=1S/C23H25N5O2S/c1-2-14-27-22(18-10-12-24-13-11-18)25-26-23(27)31-17-21(29)28(16-20-9-6-15-30-20)19-7-4-3-5-8-19/h2,6-7,9-13,15H,1,3-5,8,14,16-17H2. The fraction of sp³-hybridized carbons (Fsp3) is 0.304. The number of hydrogen-bond donors (Lipinski definition) is 0. The number of allylic oxidation sites excluding steroid dienone is 3. The zero-order chi connectivity index (χ0) is 21.5. The van der Waals surface area contributed by atoms with Gasteiger partial charge < -0.3 is 9.32 Å². The lowest BCUT2D eigenvalue weighted by Gasteiger charge is -2.27. The second kappa shape index (κ2) is 10.3. The molecule has 0 atom stereocenters. The highest BCUT2D eigenvalue weighted by atomic mass is 32.2. The highest BCUT2D eigenvalue weighted by Gasteiger charge is 2.22. The van der Waals surface area contributed by atoms with Gasteiger partial charge in [0.2, 0.25) is 5.91 Å². The SMILES string of the molecule is C=CCn1c(SCC(=O)N(Cc2ccco2)C2=CCCCC2)nnc1-c1ccncc1. The molecule has 4 rings (SSSR count). The predicted molar refractivity (Wildman–Crippen MR) is 120 cm³/mol. The van der Waals surface area contributed by atoms with Crippen LogP contribution in [-0.2, 0) is 17.9 Å². The number of carbonyl (C=O) groups excluding carboxylic acids is 1. The van der Waals surface area contributed by atoms with Gasteiger partial charge in [-0.25, -0.2) is 0 Å². The van der Waals surface area contributed by atoms with Crippen LogP contribution < -0.4 is 0 Å². The molecule has 3 aromatic rings. The van der Waals surface area contributed by atoms with Crippen LogP contribution in [0.1, 0.15) is 31.4 Å². The van der Waals surface area contributed by atoms with E-state index in [0.29, 0.717) is 18.2 Å². The maximum atomic E-state index is 13.2. The number of nitrogens with zero attached hydrogens (tertiary/aromatic N) is 5. The molecule has 0 saturated carbocycles. The van der Waals surface area contributed by atoms with Crippen LogP contribution in [0.4, 0.5) is 0 Å². The first-order chi connectivity index (χ1) is 15.3. The van der Waals surface area contributed by atoms with E-state index in [-0.39, 0.29) is 11.7 Å². The number of amides is 1. The van der Waals surface area contributed by atoms with Gasteiger partial charge in [-0.15, -0.1) is 16.8 Å². The van der Waals surface area contributed by atoms with Crippen molar-refractivity contribution in [3.8, 4) is 11.4 Å². The lowest BCUT2D eigenvalue weighted by molar-refractivity contribution is -0.127. The number of rotatable bonds is 9. The molecule has 0 saturated heterocycles. The molecule has 8 heteroatoms. The lowest BCUT2D eigenvalue weighted by atomic mass is 10.0. The summed E-state index contributed by atoms with van der Waals surface area (Å²) in [7, 11) is 0. The minimum atomic E-state index is 0.0353. The maximum absolute atomic E-state index is 13.2. The minimum absolute atomic E-state index is 0.0353. The number of aromatic nitrogens is 4. The van der Waals surface area contributed by atoms with E-state index in [0.717, 1.165) is 42.1 Å². The van der Waals surface area contributed by atoms with Crippen molar-refractivity contribution in [2.45, 2.75) is 43.9 Å². The first kappa shape index (κ1) is 21.1. The monoisotopic (exact) mass is 435 g/mol. The summed E-state index contributed by atoms with van der Waals surface area (Å²) in [5.74, 6) is 1.82. The molecule has 1 aliphatic rings. The van der Waals surface area contributed by atoms with E-state index in [1.165, 1.54) is 18.2 Å². The second-order valence-electron chi connectivity index (χ2n) is 7.23. The van der Waals surface area contributed by atoms with Crippen LogP contribution in [0.15, 0.2) is 76.9 Å². The summed E-state index contributed by atoms with van der Waals surface area (Å²) in [6.45, 7) is 4.85. The summed E-state index contributed by atoms with van der Waals surface area (Å²) >= 11 is 1.39. The minimum Gasteiger partial charge on any atom is -0.467 e. The Hall–Kier alpha value is -3.13. The van der Waals surface area contributed by atoms with Gasteiger partial charge in [0, 0.05) is 30.2 Å². The zero-order valence-electron chi connectivity index (χ0n) is 17.3. The summed E-state index contributed by atoms with van der Waals surface area (Å²) < 4.78 is 7.47. The van der Waals surface area contributed by atoms with E-state index in [1.54, 1.807) is 24.7 Å². The quantitative estimate of drug-likeness (QED) is 0.358. The molecule has 0 radical (unpaired) electrons. The molecule has 0 aromatic carbocycles. The lowest BCUT2D eigenvalue weighted by Crippen LogP contribution is -2.32. The van der Waals surface area contributed by atoms with E-state index in [9.17, 15) is 4.79 Å². The normalized spacial score (nSPS) is 13.6. The largest absolute Gasteiger partial charge is 0.467 e. The number of carbonyl (C=O) groups is 1. The third kappa shape index (κ3) is 5.14. The molecule has 3 heterocycles. The van der Waals surface area contributed by atoms with Gasteiger partial charge in [0.25, 0.3) is 0 Å². The van der Waals surface area contributed by atoms with E-state index < -0.39 is 0 Å². The van der Waals surface area contributed by atoms with Gasteiger partial charge in [-0.05, 0) is 49.9 Å². The van der Waals surface area contributed by atoms with Gasteiger partial charge >= 0.3 is 0 Å². The smallest absolute Gasteiger partial charge is 0.237 e. The highest BCUT2D eigenvalue weighted by Crippen LogP contribution is 2.27. The number of pyridine rings is 1. The molecule has 1 aliphatic carbocycles. The Balaban J connectivity index is 1.51. The van der Waals surface area contributed by atoms with Gasteiger partial charge in [-0.3, -0.25) is 14.3 Å². The van der Waals surface area contributed by atoms with Crippen LogP contribution >= 0.6 is 11.8 Å². The third-order valence-corrected chi connectivity index (χ3v) is 6.05. The molecule has 0 bridgehead atoms. The molecule has 1 amide bonds. The van der Waals surface area contributed by atoms with Gasteiger partial charge in [-0.1, -0.05) is 23.9 Å². The fourth-order valence-electron chi connectivity index (χ4n) is 3.58. The molecule has 31 heavy (non-hydrogen) atoms. The van der Waals surface area contributed by atoms with E-state index in [1.807, 2.05) is 33.7 Å². The highest BCUT2D eigenvalue weighted by molar-refractivity contribution is 7.99. The molecule has 0 fully saturated rings. The molecular formula is C23H25N5O2S. The summed E-state index contributed by atoms with van der Waals surface area (Å²) in [6, 6.07) is 7.53. The summed E-state index contributed by atoms with van der Waals surface area (Å²) in [5.41, 5.74) is 2.01. The molecule has 3 aromatic heterocycles. The molecule has 160 valence electrons. The van der Waals surface area contributed by atoms with Gasteiger partial charge in [0.15, 0.2) is 11.0 Å². The molecule has 0 spiro atoms. The van der Waals surface area contributed by atoms with Crippen LogP contribution in [0.3, 0.4) is 0 Å². The Morgan fingerprint density at radius 1 is 1.26 bits per heavy atom. The first-order valence-electron chi connectivity index (χ1n) is 10.4. The first-order valence-corrected chi connectivity index (χ1v) is 11.3. The zero-order valence-corrected chi connectivity index (χ0v) is 18.1. The van der Waals surface area contributed by atoms with Crippen molar-refractivity contribution in [2.24, 2.45) is 0 Å². The number of hydrogen-bond acceptors (Lipinski definition) is 6. The van der Waals surface area contributed by atoms with Gasteiger partial charge in [0.05, 0.1) is 18.6 Å². The molecule has 0 N–H and O–H groups in total. The second-order valence-corrected chi connectivity index (χ2v) is 8.17. The van der Waals surface area contributed by atoms with Crippen molar-refractivity contribution in [3.63, 3.8) is 0 Å². The van der Waals surface area contributed by atoms with Crippen molar-refractivity contribution < 1.29 is 9.21 Å². The fourth-order valence-corrected chi connectivity index (χ4v) is 4.41. The van der Waals surface area contributed by atoms with E-state index in [2.05, 4.69) is 27.8 Å². The van der Waals surface area contributed by atoms with Crippen molar-refractivity contribution in [1.29, 1.82) is 0 Å². The van der Waals surface area contributed by atoms with Crippen molar-refractivity contribution in [2.75, 3.05) is 5.75 Å². The number of thioether (sulfide) groups is 1. The van der Waals surface area contributed by atoms with Crippen LogP contribution in [0, 0.1) is 0 Å². The third-order valence-electron chi connectivity index (χ3n) is 5.10. The average Bonchev–Trinajstić information content (AvgIpc) is 3.47. The van der Waals surface area contributed by atoms with Crippen LogP contribution in [0.25, 0.3) is 11.4 Å². The number of furan rings is 1. The van der Waals surface area contributed by atoms with Crippen molar-refractivity contribution in [1.82, 2.24) is 24.6 Å². The maximum Gasteiger partial charge on any atom is 0.237 e. The summed E-state index contributed by atoms with van der Waals surface area (Å²) in [5, 5.41) is 9.37. The van der Waals surface area contributed by atoms with Crippen molar-refractivity contribution >= 4 is 17.7 Å². The van der Waals surface area contributed by atoms with Crippen molar-refractivity contribution in [3.05, 3.63) is 73.1 Å². The predicted octanol–water partition coefficient (Wildman–Crippen LogP) is 4.70. The van der Waals surface area contributed by atoms with Crippen LogP contribution in [-0.4, -0.2) is 36.3 Å². The van der Waals surface area contributed by atoms with Crippen LogP contribution in [0.5, 0.6) is 0 Å². The molecule has 0 aliphatic heterocycles.